The van der Waals surface area contributed by atoms with Crippen molar-refractivity contribution in [2.75, 3.05) is 26.3 Å². The Kier molecular flexibility index (Phi) is 7.93. The summed E-state index contributed by atoms with van der Waals surface area (Å²) in [7, 11) is 0. The second-order valence-electron chi connectivity index (χ2n) is 4.69. The monoisotopic (exact) mass is 232 g/mol. The highest BCUT2D eigenvalue weighted by atomic mass is 16.3. The summed E-state index contributed by atoms with van der Waals surface area (Å²) in [4.78, 5) is 11.2. The molecule has 0 aromatic heterocycles. The van der Waals surface area contributed by atoms with Gasteiger partial charge >= 0.3 is 6.03 Å². The van der Waals surface area contributed by atoms with Gasteiger partial charge in [0.25, 0.3) is 0 Å². The van der Waals surface area contributed by atoms with Crippen molar-refractivity contribution in [3.63, 3.8) is 0 Å². The number of rotatable bonds is 8. The van der Waals surface area contributed by atoms with Crippen LogP contribution in [0.1, 0.15) is 33.1 Å². The molecule has 0 saturated carbocycles. The molecule has 5 heteroatoms. The van der Waals surface area contributed by atoms with Crippen molar-refractivity contribution in [1.29, 1.82) is 0 Å². The lowest BCUT2D eigenvalue weighted by molar-refractivity contribution is 0.148. The average molecular weight is 232 g/mol. The van der Waals surface area contributed by atoms with Crippen LogP contribution in [0.15, 0.2) is 0 Å². The van der Waals surface area contributed by atoms with E-state index in [0.29, 0.717) is 19.5 Å². The highest BCUT2D eigenvalue weighted by Gasteiger charge is 2.15. The minimum absolute atomic E-state index is 0.0744. The van der Waals surface area contributed by atoms with Gasteiger partial charge in [0, 0.05) is 26.3 Å². The van der Waals surface area contributed by atoms with Crippen LogP contribution in [-0.2, 0) is 0 Å². The van der Waals surface area contributed by atoms with E-state index in [1.54, 1.807) is 0 Å². The molecule has 0 radical (unpaired) electrons. The normalized spacial score (nSPS) is 11.2. The second-order valence-corrected chi connectivity index (χ2v) is 4.69. The van der Waals surface area contributed by atoms with E-state index >= 15 is 0 Å². The zero-order valence-electron chi connectivity index (χ0n) is 10.3. The van der Waals surface area contributed by atoms with Gasteiger partial charge in [-0.3, -0.25) is 0 Å². The first-order chi connectivity index (χ1) is 7.52. The van der Waals surface area contributed by atoms with Crippen LogP contribution in [0.3, 0.4) is 0 Å². The SMILES string of the molecule is CC(C)(CO)CCCNC(=O)NCCCO. The fraction of sp³-hybridized carbons (Fsp3) is 0.909. The maximum absolute atomic E-state index is 11.2. The predicted octanol–water partition coefficient (Wildman–Crippen LogP) is 0.467. The van der Waals surface area contributed by atoms with Gasteiger partial charge in [-0.1, -0.05) is 13.8 Å². The summed E-state index contributed by atoms with van der Waals surface area (Å²) in [5, 5.41) is 22.9. The van der Waals surface area contributed by atoms with Gasteiger partial charge in [0.1, 0.15) is 0 Å². The Morgan fingerprint density at radius 2 is 1.69 bits per heavy atom. The Balaban J connectivity index is 3.41. The Hall–Kier alpha value is -0.810. The molecule has 16 heavy (non-hydrogen) atoms. The van der Waals surface area contributed by atoms with E-state index in [2.05, 4.69) is 10.6 Å². The maximum Gasteiger partial charge on any atom is 0.314 e. The number of nitrogens with one attached hydrogen (secondary N) is 2. The van der Waals surface area contributed by atoms with Crippen LogP contribution in [0.5, 0.6) is 0 Å². The Morgan fingerprint density at radius 1 is 1.12 bits per heavy atom. The third-order valence-electron chi connectivity index (χ3n) is 2.36. The topological polar surface area (TPSA) is 81.6 Å². The summed E-state index contributed by atoms with van der Waals surface area (Å²) in [5.41, 5.74) is -0.0744. The molecule has 2 amide bonds. The van der Waals surface area contributed by atoms with Crippen LogP contribution < -0.4 is 10.6 Å². The minimum Gasteiger partial charge on any atom is -0.396 e. The quantitative estimate of drug-likeness (QED) is 0.459. The van der Waals surface area contributed by atoms with Crippen molar-refractivity contribution in [3.05, 3.63) is 0 Å². The number of carbonyl (C=O) groups excluding carboxylic acids is 1. The molecule has 5 nitrogen and oxygen atoms in total. The Labute approximate surface area is 97.2 Å². The van der Waals surface area contributed by atoms with Crippen LogP contribution in [0.25, 0.3) is 0 Å². The summed E-state index contributed by atoms with van der Waals surface area (Å²) in [6, 6.07) is -0.199. The van der Waals surface area contributed by atoms with E-state index in [-0.39, 0.29) is 24.7 Å². The fourth-order valence-electron chi connectivity index (χ4n) is 1.19. The first-order valence-corrected chi connectivity index (χ1v) is 5.75. The number of aliphatic hydroxyl groups is 2. The molecule has 0 saturated heterocycles. The maximum atomic E-state index is 11.2. The van der Waals surface area contributed by atoms with Gasteiger partial charge in [-0.25, -0.2) is 4.79 Å². The molecular weight excluding hydrogens is 208 g/mol. The lowest BCUT2D eigenvalue weighted by Gasteiger charge is -2.21. The zero-order valence-corrected chi connectivity index (χ0v) is 10.3. The molecule has 96 valence electrons. The third kappa shape index (κ3) is 8.49. The standard InChI is InChI=1S/C11H24N2O3/c1-11(2,9-15)5-3-6-12-10(16)13-7-4-8-14/h14-15H,3-9H2,1-2H3,(H2,12,13,16). The van der Waals surface area contributed by atoms with E-state index in [4.69, 9.17) is 10.2 Å². The molecule has 4 N–H and O–H groups in total. The van der Waals surface area contributed by atoms with Crippen molar-refractivity contribution in [2.45, 2.75) is 33.1 Å². The molecule has 0 aromatic carbocycles. The molecule has 0 aliphatic heterocycles. The van der Waals surface area contributed by atoms with Crippen molar-refractivity contribution in [1.82, 2.24) is 10.6 Å². The first kappa shape index (κ1) is 15.2. The molecular formula is C11H24N2O3. The fourth-order valence-corrected chi connectivity index (χ4v) is 1.19. The summed E-state index contributed by atoms with van der Waals surface area (Å²) in [6.45, 7) is 5.34. The van der Waals surface area contributed by atoms with Crippen molar-refractivity contribution in [3.8, 4) is 0 Å². The van der Waals surface area contributed by atoms with Crippen molar-refractivity contribution < 1.29 is 15.0 Å². The summed E-state index contributed by atoms with van der Waals surface area (Å²) in [6.07, 6.45) is 2.30. The van der Waals surface area contributed by atoms with Gasteiger partial charge in [-0.05, 0) is 24.7 Å². The molecule has 0 fully saturated rings. The van der Waals surface area contributed by atoms with Crippen LogP contribution in [0.4, 0.5) is 4.79 Å². The van der Waals surface area contributed by atoms with Crippen molar-refractivity contribution in [2.24, 2.45) is 5.41 Å². The van der Waals surface area contributed by atoms with Gasteiger partial charge < -0.3 is 20.8 Å². The molecule has 0 rings (SSSR count). The lowest BCUT2D eigenvalue weighted by atomic mass is 9.89. The van der Waals surface area contributed by atoms with E-state index < -0.39 is 0 Å². The number of amides is 2. The molecule has 0 bridgehead atoms. The predicted molar refractivity (Wildman–Crippen MR) is 63.2 cm³/mol. The Bertz CT molecular complexity index is 196. The van der Waals surface area contributed by atoms with Crippen LogP contribution in [0.2, 0.25) is 0 Å². The van der Waals surface area contributed by atoms with Gasteiger partial charge in [-0.15, -0.1) is 0 Å². The highest BCUT2D eigenvalue weighted by Crippen LogP contribution is 2.20. The third-order valence-corrected chi connectivity index (χ3v) is 2.36. The summed E-state index contributed by atoms with van der Waals surface area (Å²) in [5.74, 6) is 0. The van der Waals surface area contributed by atoms with E-state index in [1.165, 1.54) is 0 Å². The molecule has 0 aliphatic carbocycles. The van der Waals surface area contributed by atoms with Crippen LogP contribution >= 0.6 is 0 Å². The summed E-state index contributed by atoms with van der Waals surface area (Å²) >= 11 is 0. The number of hydrogen-bond acceptors (Lipinski definition) is 3. The second kappa shape index (κ2) is 8.35. The lowest BCUT2D eigenvalue weighted by Crippen LogP contribution is -2.37. The van der Waals surface area contributed by atoms with Crippen molar-refractivity contribution >= 4 is 6.03 Å². The zero-order chi connectivity index (χ0) is 12.4. The van der Waals surface area contributed by atoms with Gasteiger partial charge in [0.15, 0.2) is 0 Å². The molecule has 0 aromatic rings. The van der Waals surface area contributed by atoms with Crippen LogP contribution in [-0.4, -0.2) is 42.5 Å². The minimum atomic E-state index is -0.199. The molecule has 0 atom stereocenters. The first-order valence-electron chi connectivity index (χ1n) is 5.75. The Morgan fingerprint density at radius 3 is 2.19 bits per heavy atom. The highest BCUT2D eigenvalue weighted by molar-refractivity contribution is 5.73. The van der Waals surface area contributed by atoms with Gasteiger partial charge in [0.05, 0.1) is 0 Å². The molecule has 0 unspecified atom stereocenters. The number of hydrogen-bond donors (Lipinski definition) is 4. The number of carbonyl (C=O) groups is 1. The van der Waals surface area contributed by atoms with Gasteiger partial charge in [0.2, 0.25) is 0 Å². The smallest absolute Gasteiger partial charge is 0.314 e. The van der Waals surface area contributed by atoms with E-state index in [9.17, 15) is 4.79 Å². The number of urea groups is 1. The largest absolute Gasteiger partial charge is 0.396 e. The molecule has 0 heterocycles. The molecule has 0 spiro atoms. The number of aliphatic hydroxyl groups excluding tert-OH is 2. The van der Waals surface area contributed by atoms with E-state index in [1.807, 2.05) is 13.8 Å². The molecule has 0 aliphatic rings. The average Bonchev–Trinajstić information content (AvgIpc) is 2.25. The summed E-state index contributed by atoms with van der Waals surface area (Å²) < 4.78 is 0. The van der Waals surface area contributed by atoms with Crippen LogP contribution in [0, 0.1) is 5.41 Å². The van der Waals surface area contributed by atoms with E-state index in [0.717, 1.165) is 12.8 Å². The van der Waals surface area contributed by atoms with Gasteiger partial charge in [-0.2, -0.15) is 0 Å².